The number of rotatable bonds is 11. The van der Waals surface area contributed by atoms with Crippen molar-refractivity contribution in [2.24, 2.45) is 0 Å². The standard InChI is InChI=1S/C14H23N.C9H16N2O3/c1-2-3-4-5-6-7-8-13-9-11-14(15)12-10-13;1-11(2)4-3-9(6-11,10-7-12)5-8(13)14/h9-12H,2-8,15H2,1H3;7H,3-6H2,1-2H3,(H-,10,12,13,14)/p+1. The van der Waals surface area contributed by atoms with Crippen LogP contribution in [0, 0.1) is 0 Å². The molecule has 1 aliphatic heterocycles. The number of hydrogen-bond acceptors (Lipinski definition) is 3. The summed E-state index contributed by atoms with van der Waals surface area (Å²) < 4.78 is 0.758. The number of hydrogen-bond donors (Lipinski definition) is 3. The summed E-state index contributed by atoms with van der Waals surface area (Å²) in [5.41, 5.74) is 7.37. The van der Waals surface area contributed by atoms with Crippen LogP contribution in [0.4, 0.5) is 5.69 Å². The number of nitrogen functional groups attached to an aromatic ring is 1. The molecule has 1 amide bonds. The van der Waals surface area contributed by atoms with E-state index in [0.717, 1.165) is 23.1 Å². The number of likely N-dealkylation sites (tertiary alicyclic amines) is 1. The first-order chi connectivity index (χ1) is 13.7. The molecule has 6 heteroatoms. The molecule has 1 saturated heterocycles. The van der Waals surface area contributed by atoms with Gasteiger partial charge in [0.2, 0.25) is 6.41 Å². The SMILES string of the molecule is CCCCCCCCc1ccc(N)cc1.C[N+]1(C)CCC(CC(=O)O)(NC=O)C1. The molecule has 1 heterocycles. The molecule has 164 valence electrons. The van der Waals surface area contributed by atoms with Gasteiger partial charge in [-0.15, -0.1) is 0 Å². The first-order valence-corrected chi connectivity index (χ1v) is 10.8. The van der Waals surface area contributed by atoms with Crippen molar-refractivity contribution in [3.8, 4) is 0 Å². The third-order valence-electron chi connectivity index (χ3n) is 5.58. The number of carbonyl (C=O) groups is 2. The number of benzene rings is 1. The first kappa shape index (κ1) is 25.0. The van der Waals surface area contributed by atoms with Gasteiger partial charge in [-0.3, -0.25) is 9.59 Å². The van der Waals surface area contributed by atoms with Crippen molar-refractivity contribution in [1.29, 1.82) is 0 Å². The van der Waals surface area contributed by atoms with Crippen molar-refractivity contribution in [1.82, 2.24) is 5.32 Å². The van der Waals surface area contributed by atoms with Gasteiger partial charge in [0.05, 0.1) is 27.1 Å². The molecule has 6 nitrogen and oxygen atoms in total. The fraction of sp³-hybridized carbons (Fsp3) is 0.652. The van der Waals surface area contributed by atoms with Gasteiger partial charge in [-0.05, 0) is 30.5 Å². The van der Waals surface area contributed by atoms with Gasteiger partial charge in [0.1, 0.15) is 12.1 Å². The second kappa shape index (κ2) is 12.5. The lowest BCUT2D eigenvalue weighted by Gasteiger charge is -2.28. The average molecular weight is 407 g/mol. The van der Waals surface area contributed by atoms with Gasteiger partial charge < -0.3 is 20.6 Å². The molecule has 1 aromatic carbocycles. The highest BCUT2D eigenvalue weighted by atomic mass is 16.4. The molecule has 1 unspecified atom stereocenters. The molecular formula is C23H40N3O3+. The number of carboxylic acid groups (broad SMARTS) is 1. The van der Waals surface area contributed by atoms with Crippen molar-refractivity contribution in [2.75, 3.05) is 32.9 Å². The fourth-order valence-electron chi connectivity index (χ4n) is 4.02. The zero-order valence-electron chi connectivity index (χ0n) is 18.5. The number of quaternary nitrogens is 1. The Morgan fingerprint density at radius 1 is 1.17 bits per heavy atom. The van der Waals surface area contributed by atoms with Crippen LogP contribution in [0.1, 0.15) is 63.9 Å². The van der Waals surface area contributed by atoms with E-state index in [1.54, 1.807) is 0 Å². The lowest BCUT2D eigenvalue weighted by atomic mass is 9.94. The largest absolute Gasteiger partial charge is 0.481 e. The molecule has 0 bridgehead atoms. The molecule has 2 rings (SSSR count). The molecule has 29 heavy (non-hydrogen) atoms. The van der Waals surface area contributed by atoms with Crippen molar-refractivity contribution >= 4 is 18.1 Å². The predicted octanol–water partition coefficient (Wildman–Crippen LogP) is 3.60. The molecule has 1 aromatic rings. The van der Waals surface area contributed by atoms with Gasteiger partial charge in [0.25, 0.3) is 0 Å². The predicted molar refractivity (Wildman–Crippen MR) is 119 cm³/mol. The Morgan fingerprint density at radius 2 is 1.79 bits per heavy atom. The molecule has 0 radical (unpaired) electrons. The summed E-state index contributed by atoms with van der Waals surface area (Å²) in [6, 6.07) is 8.27. The number of nitrogens with two attached hydrogens (primary N) is 1. The topological polar surface area (TPSA) is 92.4 Å². The van der Waals surface area contributed by atoms with Crippen LogP contribution in [0.25, 0.3) is 0 Å². The van der Waals surface area contributed by atoms with Crippen LogP contribution < -0.4 is 11.1 Å². The summed E-state index contributed by atoms with van der Waals surface area (Å²) in [4.78, 5) is 21.1. The Labute approximate surface area is 176 Å². The molecule has 1 fully saturated rings. The summed E-state index contributed by atoms with van der Waals surface area (Å²) in [5, 5.41) is 11.4. The molecule has 0 spiro atoms. The van der Waals surface area contributed by atoms with Crippen LogP contribution in [-0.4, -0.2) is 54.7 Å². The Morgan fingerprint density at radius 3 is 2.31 bits per heavy atom. The average Bonchev–Trinajstić information content (AvgIpc) is 2.94. The molecule has 0 aliphatic carbocycles. The number of carbonyl (C=O) groups excluding carboxylic acids is 1. The smallest absolute Gasteiger partial charge is 0.305 e. The van der Waals surface area contributed by atoms with E-state index in [1.807, 2.05) is 26.2 Å². The third-order valence-corrected chi connectivity index (χ3v) is 5.58. The maximum Gasteiger partial charge on any atom is 0.305 e. The molecule has 0 aromatic heterocycles. The zero-order valence-corrected chi connectivity index (χ0v) is 18.5. The Kier molecular flexibility index (Phi) is 10.7. The van der Waals surface area contributed by atoms with Gasteiger partial charge in [-0.1, -0.05) is 51.2 Å². The lowest BCUT2D eigenvalue weighted by molar-refractivity contribution is -0.879. The summed E-state index contributed by atoms with van der Waals surface area (Å²) >= 11 is 0. The van der Waals surface area contributed by atoms with Gasteiger partial charge in [0, 0.05) is 12.1 Å². The summed E-state index contributed by atoms with van der Waals surface area (Å²) in [5.74, 6) is -0.860. The Hall–Kier alpha value is -2.08. The lowest BCUT2D eigenvalue weighted by Crippen LogP contribution is -2.51. The van der Waals surface area contributed by atoms with Gasteiger partial charge in [-0.2, -0.15) is 0 Å². The minimum atomic E-state index is -0.860. The van der Waals surface area contributed by atoms with Gasteiger partial charge in [-0.25, -0.2) is 0 Å². The van der Waals surface area contributed by atoms with Gasteiger partial charge in [0.15, 0.2) is 0 Å². The molecule has 1 atom stereocenters. The van der Waals surface area contributed by atoms with Crippen LogP contribution in [0.15, 0.2) is 24.3 Å². The van der Waals surface area contributed by atoms with E-state index < -0.39 is 11.5 Å². The number of likely N-dealkylation sites (N-methyl/N-ethyl adjacent to an activating group) is 1. The van der Waals surface area contributed by atoms with Crippen molar-refractivity contribution in [2.45, 2.75) is 70.3 Å². The normalized spacial score (nSPS) is 19.8. The second-order valence-corrected chi connectivity index (χ2v) is 8.94. The Bertz CT molecular complexity index is 616. The number of unbranched alkanes of at least 4 members (excludes halogenated alkanes) is 5. The number of nitrogens with zero attached hydrogens (tertiary/aromatic N) is 1. The maximum atomic E-state index is 10.7. The van der Waals surface area contributed by atoms with E-state index >= 15 is 0 Å². The third kappa shape index (κ3) is 10.3. The molecule has 0 saturated carbocycles. The summed E-state index contributed by atoms with van der Waals surface area (Å²) in [6.45, 7) is 3.83. The van der Waals surface area contributed by atoms with Crippen molar-refractivity contribution in [3.05, 3.63) is 29.8 Å². The Balaban J connectivity index is 0.000000291. The number of anilines is 1. The summed E-state index contributed by atoms with van der Waals surface area (Å²) in [6.07, 6.45) is 10.7. The highest BCUT2D eigenvalue weighted by Gasteiger charge is 2.45. The molecule has 4 N–H and O–H groups in total. The number of nitrogens with one attached hydrogen (secondary N) is 1. The van der Waals surface area contributed by atoms with Crippen LogP contribution in [0.3, 0.4) is 0 Å². The number of amides is 1. The van der Waals surface area contributed by atoms with E-state index in [-0.39, 0.29) is 6.42 Å². The van der Waals surface area contributed by atoms with E-state index in [0.29, 0.717) is 13.0 Å². The number of carboxylic acids is 1. The minimum Gasteiger partial charge on any atom is -0.481 e. The first-order valence-electron chi connectivity index (χ1n) is 10.8. The van der Waals surface area contributed by atoms with E-state index in [2.05, 4.69) is 24.4 Å². The van der Waals surface area contributed by atoms with Crippen LogP contribution in [-0.2, 0) is 16.0 Å². The van der Waals surface area contributed by atoms with Crippen LogP contribution in [0.2, 0.25) is 0 Å². The van der Waals surface area contributed by atoms with E-state index in [9.17, 15) is 9.59 Å². The zero-order chi connectivity index (χ0) is 21.8. The van der Waals surface area contributed by atoms with Crippen molar-refractivity contribution in [3.63, 3.8) is 0 Å². The van der Waals surface area contributed by atoms with Crippen LogP contribution in [0.5, 0.6) is 0 Å². The monoisotopic (exact) mass is 406 g/mol. The number of aryl methyl sites for hydroxylation is 1. The molecular weight excluding hydrogens is 366 g/mol. The summed E-state index contributed by atoms with van der Waals surface area (Å²) in [7, 11) is 4.08. The van der Waals surface area contributed by atoms with Crippen molar-refractivity contribution < 1.29 is 19.2 Å². The highest BCUT2D eigenvalue weighted by Crippen LogP contribution is 2.27. The van der Waals surface area contributed by atoms with E-state index in [1.165, 1.54) is 50.5 Å². The number of aliphatic carboxylic acids is 1. The van der Waals surface area contributed by atoms with Crippen LogP contribution >= 0.6 is 0 Å². The highest BCUT2D eigenvalue weighted by molar-refractivity contribution is 5.69. The maximum absolute atomic E-state index is 10.7. The second-order valence-electron chi connectivity index (χ2n) is 8.94. The van der Waals surface area contributed by atoms with E-state index in [4.69, 9.17) is 10.8 Å². The fourth-order valence-corrected chi connectivity index (χ4v) is 4.02. The minimum absolute atomic E-state index is 0.00736. The quantitative estimate of drug-likeness (QED) is 0.227. The van der Waals surface area contributed by atoms with Gasteiger partial charge >= 0.3 is 5.97 Å². The molecule has 1 aliphatic rings.